The van der Waals surface area contributed by atoms with Gasteiger partial charge in [-0.2, -0.15) is 0 Å². The summed E-state index contributed by atoms with van der Waals surface area (Å²) in [6, 6.07) is 0. The highest BCUT2D eigenvalue weighted by molar-refractivity contribution is 7.47. The molecule has 0 aromatic rings. The Morgan fingerprint density at radius 1 is 0.633 bits per heavy atom. The largest absolute Gasteiger partial charge is 0.472 e. The van der Waals surface area contributed by atoms with Gasteiger partial charge in [0, 0.05) is 13.0 Å². The molecule has 0 heterocycles. The fraction of sp³-hybridized carbons (Fsp3) is 0.861. The molecule has 0 bridgehead atoms. The SMILES string of the molecule is CCC/C=C\CCCCCCCCOCC(COP(=O)(O)OC1C(O)C(O)C(O)C(O)C1O)OC(=O)CCCCCCC/C=C\CCCC. The number of allylic oxidation sites excluding steroid dienone is 4. The zero-order valence-corrected chi connectivity index (χ0v) is 30.9. The first-order valence-electron chi connectivity index (χ1n) is 18.7. The number of esters is 1. The standard InChI is InChI=1S/C36H67O12P/c1-3-5-7-9-11-13-15-17-19-21-23-25-30(37)47-29(27-45-26-24-22-20-18-16-14-12-10-8-6-4-2)28-46-49(43,44)48-36-34(41)32(39)31(38)33(40)35(36)42/h8-11,29,31-36,38-42H,3-7,12-28H2,1-2H3,(H,43,44)/b10-8-,11-9-. The summed E-state index contributed by atoms with van der Waals surface area (Å²) in [5.41, 5.74) is 0. The minimum Gasteiger partial charge on any atom is -0.457 e. The molecule has 0 aromatic carbocycles. The predicted octanol–water partition coefficient (Wildman–Crippen LogP) is 5.80. The molecule has 6 unspecified atom stereocenters. The van der Waals surface area contributed by atoms with Crippen LogP contribution in [0.4, 0.5) is 0 Å². The van der Waals surface area contributed by atoms with Crippen molar-refractivity contribution in [3.8, 4) is 0 Å². The molecule has 6 N–H and O–H groups in total. The third-order valence-electron chi connectivity index (χ3n) is 8.53. The number of rotatable bonds is 30. The molecule has 0 aliphatic heterocycles. The van der Waals surface area contributed by atoms with Gasteiger partial charge in [-0.05, 0) is 51.4 Å². The molecule has 0 saturated heterocycles. The van der Waals surface area contributed by atoms with Crippen LogP contribution in [0.25, 0.3) is 0 Å². The van der Waals surface area contributed by atoms with E-state index >= 15 is 0 Å². The van der Waals surface area contributed by atoms with E-state index in [4.69, 9.17) is 18.5 Å². The molecule has 0 radical (unpaired) electrons. The smallest absolute Gasteiger partial charge is 0.457 e. The van der Waals surface area contributed by atoms with E-state index in [-0.39, 0.29) is 13.0 Å². The van der Waals surface area contributed by atoms with Gasteiger partial charge in [0.15, 0.2) is 0 Å². The molecule has 1 aliphatic rings. The summed E-state index contributed by atoms with van der Waals surface area (Å²) < 4.78 is 33.9. The zero-order chi connectivity index (χ0) is 36.3. The number of hydrogen-bond acceptors (Lipinski definition) is 11. The Morgan fingerprint density at radius 2 is 1.12 bits per heavy atom. The van der Waals surface area contributed by atoms with Crippen molar-refractivity contribution < 1.29 is 58.3 Å². The molecular weight excluding hydrogens is 655 g/mol. The fourth-order valence-electron chi connectivity index (χ4n) is 5.45. The number of carbonyl (C=O) groups excluding carboxylic acids is 1. The summed E-state index contributed by atoms with van der Waals surface area (Å²) >= 11 is 0. The first-order chi connectivity index (χ1) is 23.5. The van der Waals surface area contributed by atoms with Crippen molar-refractivity contribution in [3.63, 3.8) is 0 Å². The van der Waals surface area contributed by atoms with E-state index in [0.717, 1.165) is 77.0 Å². The third kappa shape index (κ3) is 21.7. The van der Waals surface area contributed by atoms with Gasteiger partial charge in [0.05, 0.1) is 13.2 Å². The van der Waals surface area contributed by atoms with Gasteiger partial charge in [-0.15, -0.1) is 0 Å². The molecule has 12 nitrogen and oxygen atoms in total. The highest BCUT2D eigenvalue weighted by Crippen LogP contribution is 2.47. The Hall–Kier alpha value is -1.18. The summed E-state index contributed by atoms with van der Waals surface area (Å²) in [6.45, 7) is 4.10. The van der Waals surface area contributed by atoms with Gasteiger partial charge in [0.2, 0.25) is 0 Å². The van der Waals surface area contributed by atoms with Crippen molar-refractivity contribution in [2.75, 3.05) is 19.8 Å². The van der Waals surface area contributed by atoms with Crippen molar-refractivity contribution >= 4 is 13.8 Å². The zero-order valence-electron chi connectivity index (χ0n) is 30.0. The summed E-state index contributed by atoms with van der Waals surface area (Å²) in [5.74, 6) is -0.493. The maximum absolute atomic E-state index is 12.7. The van der Waals surface area contributed by atoms with E-state index in [2.05, 4.69) is 38.2 Å². The van der Waals surface area contributed by atoms with E-state index in [9.17, 15) is 39.8 Å². The lowest BCUT2D eigenvalue weighted by Gasteiger charge is -2.41. The lowest BCUT2D eigenvalue weighted by atomic mass is 9.85. The highest BCUT2D eigenvalue weighted by atomic mass is 31.2. The Kier molecular flexibility index (Phi) is 26.6. The minimum atomic E-state index is -5.01. The molecular formula is C36H67O12P. The van der Waals surface area contributed by atoms with Crippen LogP contribution in [0.3, 0.4) is 0 Å². The second kappa shape index (κ2) is 28.4. The summed E-state index contributed by atoms with van der Waals surface area (Å²) in [4.78, 5) is 22.9. The quantitative estimate of drug-likeness (QED) is 0.0226. The van der Waals surface area contributed by atoms with E-state index < -0.39 is 63.1 Å². The molecule has 288 valence electrons. The number of phosphoric ester groups is 1. The Morgan fingerprint density at radius 3 is 1.69 bits per heavy atom. The number of unbranched alkanes of at least 4 members (excludes halogenated alkanes) is 14. The number of ether oxygens (including phenoxy) is 2. The van der Waals surface area contributed by atoms with Gasteiger partial charge < -0.3 is 39.9 Å². The van der Waals surface area contributed by atoms with E-state index in [0.29, 0.717) is 13.0 Å². The monoisotopic (exact) mass is 722 g/mol. The molecule has 1 saturated carbocycles. The maximum Gasteiger partial charge on any atom is 0.472 e. The average molecular weight is 723 g/mol. The predicted molar refractivity (Wildman–Crippen MR) is 189 cm³/mol. The summed E-state index contributed by atoms with van der Waals surface area (Å²) in [7, 11) is -5.01. The van der Waals surface area contributed by atoms with Gasteiger partial charge in [-0.25, -0.2) is 4.57 Å². The van der Waals surface area contributed by atoms with Gasteiger partial charge in [0.25, 0.3) is 0 Å². The Balaban J connectivity index is 2.51. The number of carbonyl (C=O) groups is 1. The Labute approximate surface area is 294 Å². The number of hydrogen-bond donors (Lipinski definition) is 6. The highest BCUT2D eigenvalue weighted by Gasteiger charge is 2.51. The maximum atomic E-state index is 12.7. The minimum absolute atomic E-state index is 0.0834. The van der Waals surface area contributed by atoms with Crippen LogP contribution in [0.1, 0.15) is 136 Å². The molecule has 49 heavy (non-hydrogen) atoms. The molecule has 0 aromatic heterocycles. The first kappa shape index (κ1) is 45.8. The topological polar surface area (TPSA) is 192 Å². The van der Waals surface area contributed by atoms with Crippen molar-refractivity contribution in [1.82, 2.24) is 0 Å². The van der Waals surface area contributed by atoms with Gasteiger partial charge >= 0.3 is 13.8 Å². The summed E-state index contributed by atoms with van der Waals surface area (Å²) in [5, 5.41) is 49.9. The van der Waals surface area contributed by atoms with E-state index in [1.54, 1.807) is 0 Å². The first-order valence-corrected chi connectivity index (χ1v) is 20.2. The number of aliphatic hydroxyl groups excluding tert-OH is 5. The van der Waals surface area contributed by atoms with Crippen LogP contribution < -0.4 is 0 Å². The van der Waals surface area contributed by atoms with Crippen LogP contribution in [0.2, 0.25) is 0 Å². The van der Waals surface area contributed by atoms with E-state index in [1.807, 2.05) is 0 Å². The number of phosphoric acid groups is 1. The van der Waals surface area contributed by atoms with Crippen LogP contribution in [0.5, 0.6) is 0 Å². The molecule has 0 spiro atoms. The van der Waals surface area contributed by atoms with Crippen LogP contribution >= 0.6 is 7.82 Å². The van der Waals surface area contributed by atoms with Gasteiger partial charge in [-0.3, -0.25) is 13.8 Å². The second-order valence-electron chi connectivity index (χ2n) is 13.1. The molecule has 1 rings (SSSR count). The molecule has 1 fully saturated rings. The second-order valence-corrected chi connectivity index (χ2v) is 14.5. The lowest BCUT2D eigenvalue weighted by Crippen LogP contribution is -2.64. The lowest BCUT2D eigenvalue weighted by molar-refractivity contribution is -0.220. The molecule has 6 atom stereocenters. The van der Waals surface area contributed by atoms with E-state index in [1.165, 1.54) is 32.1 Å². The summed E-state index contributed by atoms with van der Waals surface area (Å²) in [6.07, 6.45) is 15.6. The van der Waals surface area contributed by atoms with Crippen molar-refractivity contribution in [3.05, 3.63) is 24.3 Å². The Bertz CT molecular complexity index is 916. The number of aliphatic hydroxyl groups is 5. The van der Waals surface area contributed by atoms with Crippen LogP contribution in [0, 0.1) is 0 Å². The molecule has 13 heteroatoms. The van der Waals surface area contributed by atoms with Crippen molar-refractivity contribution in [1.29, 1.82) is 0 Å². The van der Waals surface area contributed by atoms with Gasteiger partial charge in [-0.1, -0.05) is 102 Å². The average Bonchev–Trinajstić information content (AvgIpc) is 3.08. The molecule has 0 amide bonds. The van der Waals surface area contributed by atoms with Crippen molar-refractivity contribution in [2.45, 2.75) is 179 Å². The van der Waals surface area contributed by atoms with Crippen molar-refractivity contribution in [2.24, 2.45) is 0 Å². The van der Waals surface area contributed by atoms with Gasteiger partial charge in [0.1, 0.15) is 42.7 Å². The van der Waals surface area contributed by atoms with Crippen LogP contribution in [0.15, 0.2) is 24.3 Å². The van der Waals surface area contributed by atoms with Crippen LogP contribution in [-0.2, 0) is 27.9 Å². The third-order valence-corrected chi connectivity index (χ3v) is 9.51. The fourth-order valence-corrected chi connectivity index (χ4v) is 6.43. The molecule has 1 aliphatic carbocycles. The normalized spacial score (nSPS) is 24.8. The van der Waals surface area contributed by atoms with Crippen LogP contribution in [-0.4, -0.2) is 98.9 Å².